The van der Waals surface area contributed by atoms with E-state index in [2.05, 4.69) is 19.1 Å². The number of quaternary nitrogens is 1. The molecule has 0 saturated heterocycles. The molecule has 0 bridgehead atoms. The molecule has 5 aromatic rings. The largest absolute Gasteiger partial charge is 0.493 e. The highest BCUT2D eigenvalue weighted by molar-refractivity contribution is 7.86. The molecular formula is C38H45N2O9S2+. The molecule has 51 heavy (non-hydrogen) atoms. The average molecular weight is 738 g/mol. The average Bonchev–Trinajstić information content (AvgIpc) is 3.58. The molecule has 0 amide bonds. The predicted octanol–water partition coefficient (Wildman–Crippen LogP) is 6.87. The lowest BCUT2D eigenvalue weighted by Crippen LogP contribution is -2.40. The molecule has 1 aromatic heterocycles. The molecule has 3 N–H and O–H groups in total. The predicted molar refractivity (Wildman–Crippen MR) is 193 cm³/mol. The number of aromatic nitrogens is 1. The van der Waals surface area contributed by atoms with Gasteiger partial charge in [-0.25, -0.2) is 4.98 Å². The first-order valence-electron chi connectivity index (χ1n) is 16.9. The van der Waals surface area contributed by atoms with Crippen molar-refractivity contribution in [3.05, 3.63) is 120 Å². The molecule has 0 spiro atoms. The van der Waals surface area contributed by atoms with Gasteiger partial charge in [0.15, 0.2) is 11.4 Å². The van der Waals surface area contributed by atoms with Gasteiger partial charge >= 0.3 is 0 Å². The van der Waals surface area contributed by atoms with Gasteiger partial charge in [0.25, 0.3) is 20.2 Å². The number of para-hydroxylation sites is 1. The minimum Gasteiger partial charge on any atom is -0.493 e. The minimum absolute atomic E-state index is 0.0233. The maximum atomic E-state index is 12.0. The number of nitrogens with zero attached hydrogens (tertiary/aromatic N) is 2. The summed E-state index contributed by atoms with van der Waals surface area (Å²) in [5.74, 6) is 2.27. The summed E-state index contributed by atoms with van der Waals surface area (Å²) in [5, 5.41) is 12.0. The number of hydrogen-bond acceptors (Lipinski definition) is 8. The normalized spacial score (nSPS) is 15.5. The number of rotatable bonds is 12. The van der Waals surface area contributed by atoms with E-state index in [4.69, 9.17) is 18.3 Å². The minimum atomic E-state index is -4.47. The highest BCUT2D eigenvalue weighted by atomic mass is 32.2. The van der Waals surface area contributed by atoms with Crippen LogP contribution in [0, 0.1) is 5.92 Å². The molecule has 1 fully saturated rings. The molecule has 1 aliphatic carbocycles. The van der Waals surface area contributed by atoms with Crippen molar-refractivity contribution >= 4 is 31.0 Å². The van der Waals surface area contributed by atoms with Crippen LogP contribution in [0.2, 0.25) is 0 Å². The number of oxazole rings is 1. The first-order chi connectivity index (χ1) is 24.2. The Morgan fingerprint density at radius 3 is 1.88 bits per heavy atom. The molecular weight excluding hydrogens is 693 g/mol. The quantitative estimate of drug-likeness (QED) is 0.0699. The Hall–Kier alpha value is -4.11. The molecule has 1 saturated carbocycles. The molecule has 11 nitrogen and oxygen atoms in total. The van der Waals surface area contributed by atoms with E-state index in [9.17, 15) is 21.9 Å². The number of benzene rings is 4. The van der Waals surface area contributed by atoms with E-state index in [0.29, 0.717) is 19.0 Å². The van der Waals surface area contributed by atoms with Crippen molar-refractivity contribution in [2.24, 2.45) is 5.92 Å². The fourth-order valence-corrected chi connectivity index (χ4v) is 8.12. The summed E-state index contributed by atoms with van der Waals surface area (Å²) in [4.78, 5) is 3.79. The summed E-state index contributed by atoms with van der Waals surface area (Å²) < 4.78 is 75.5. The van der Waals surface area contributed by atoms with Crippen LogP contribution in [-0.4, -0.2) is 67.8 Å². The van der Waals surface area contributed by atoms with E-state index < -0.39 is 35.6 Å². The van der Waals surface area contributed by atoms with Crippen molar-refractivity contribution in [2.75, 3.05) is 27.2 Å². The number of aliphatic hydroxyl groups is 1. The van der Waals surface area contributed by atoms with Crippen LogP contribution in [0.3, 0.4) is 0 Å². The second-order valence-electron chi connectivity index (χ2n) is 13.5. The van der Waals surface area contributed by atoms with Gasteiger partial charge in [0.1, 0.15) is 22.1 Å². The van der Waals surface area contributed by atoms with Crippen molar-refractivity contribution in [3.63, 3.8) is 0 Å². The van der Waals surface area contributed by atoms with Gasteiger partial charge in [-0.1, -0.05) is 92.1 Å². The zero-order valence-electron chi connectivity index (χ0n) is 28.8. The maximum absolute atomic E-state index is 12.0. The van der Waals surface area contributed by atoms with Gasteiger partial charge in [0, 0.05) is 23.1 Å². The van der Waals surface area contributed by atoms with E-state index in [-0.39, 0.29) is 16.7 Å². The van der Waals surface area contributed by atoms with E-state index in [1.54, 1.807) is 6.20 Å². The molecule has 1 aliphatic rings. The summed E-state index contributed by atoms with van der Waals surface area (Å²) in [5.41, 5.74) is -0.308. The van der Waals surface area contributed by atoms with Crippen molar-refractivity contribution in [2.45, 2.75) is 60.5 Å². The third-order valence-electron chi connectivity index (χ3n) is 9.19. The lowest BCUT2D eigenvalue weighted by Gasteiger charge is -2.36. The monoisotopic (exact) mass is 737 g/mol. The van der Waals surface area contributed by atoms with Gasteiger partial charge in [-0.15, -0.1) is 0 Å². The standard InChI is InChI=1S/C28H37N2O3.C10H8O6S2/c1-30(2,19-12-20-32-25-17-10-5-11-18-25)22-26-21-29-27(33-26)28(31,23-13-6-3-7-14-23)24-15-8-4-9-16-24;11-17(12,13)9-5-1-3-7-8(9)4-2-6-10(7)18(14,15)16/h3,5-7,10-11,13-14,17-18,21,24,31H,4,8-9,12,15-16,19-20,22H2,1-2H3;1-6H,(H,11,12,13)(H,14,15,16)/q+1;/t28-;/m0./s1. The lowest BCUT2D eigenvalue weighted by molar-refractivity contribution is -0.904. The summed E-state index contributed by atoms with van der Waals surface area (Å²) in [6, 6.07) is 27.4. The molecule has 1 heterocycles. The number of fused-ring (bicyclic) bond motifs is 1. The molecule has 272 valence electrons. The van der Waals surface area contributed by atoms with Crippen molar-refractivity contribution in [1.82, 2.24) is 4.98 Å². The van der Waals surface area contributed by atoms with E-state index in [0.717, 1.165) is 72.3 Å². The van der Waals surface area contributed by atoms with E-state index in [1.807, 2.05) is 60.7 Å². The second kappa shape index (κ2) is 16.1. The zero-order chi connectivity index (χ0) is 36.7. The van der Waals surface area contributed by atoms with E-state index >= 15 is 0 Å². The Bertz CT molecular complexity index is 2040. The Morgan fingerprint density at radius 1 is 0.784 bits per heavy atom. The molecule has 0 radical (unpaired) electrons. The molecule has 1 atom stereocenters. The van der Waals surface area contributed by atoms with Crippen LogP contribution in [0.1, 0.15) is 55.7 Å². The fraction of sp³-hybridized carbons (Fsp3) is 0.342. The van der Waals surface area contributed by atoms with Crippen LogP contribution in [0.25, 0.3) is 10.8 Å². The smallest absolute Gasteiger partial charge is 0.295 e. The first kappa shape index (κ1) is 38.1. The van der Waals surface area contributed by atoms with Crippen LogP contribution in [-0.2, 0) is 32.4 Å². The van der Waals surface area contributed by atoms with Crippen LogP contribution < -0.4 is 4.74 Å². The Labute approximate surface area is 299 Å². The number of ether oxygens (including phenoxy) is 1. The molecule has 13 heteroatoms. The highest BCUT2D eigenvalue weighted by Gasteiger charge is 2.45. The van der Waals surface area contributed by atoms with Crippen LogP contribution in [0.15, 0.2) is 117 Å². The van der Waals surface area contributed by atoms with Crippen molar-refractivity contribution in [3.8, 4) is 5.75 Å². The lowest BCUT2D eigenvalue weighted by atomic mass is 9.73. The second-order valence-corrected chi connectivity index (χ2v) is 16.3. The maximum Gasteiger partial charge on any atom is 0.295 e. The van der Waals surface area contributed by atoms with Gasteiger partial charge in [-0.05, 0) is 42.7 Å². The molecule has 4 aromatic carbocycles. The Balaban J connectivity index is 0.000000236. The zero-order valence-corrected chi connectivity index (χ0v) is 30.4. The SMILES string of the molecule is C[N+](C)(CCCOc1ccccc1)Cc1cnc([C@](O)(c2ccccc2)C2CCCCC2)o1.O=S(=O)(O)c1cccc2c(S(=O)(=O)O)cccc12. The number of hydrogen-bond donors (Lipinski definition) is 3. The summed E-state index contributed by atoms with van der Waals surface area (Å²) in [6.07, 6.45) is 8.24. The summed E-state index contributed by atoms with van der Waals surface area (Å²) in [6.45, 7) is 2.35. The van der Waals surface area contributed by atoms with Crippen molar-refractivity contribution < 1.29 is 44.7 Å². The van der Waals surface area contributed by atoms with Crippen LogP contribution in [0.5, 0.6) is 5.75 Å². The van der Waals surface area contributed by atoms with Gasteiger partial charge < -0.3 is 18.7 Å². The van der Waals surface area contributed by atoms with E-state index in [1.165, 1.54) is 30.7 Å². The molecule has 0 aliphatic heterocycles. The third kappa shape index (κ3) is 9.61. The van der Waals surface area contributed by atoms with Gasteiger partial charge in [-0.2, -0.15) is 16.8 Å². The molecule has 6 rings (SSSR count). The first-order valence-corrected chi connectivity index (χ1v) is 19.8. The molecule has 0 unspecified atom stereocenters. The van der Waals surface area contributed by atoms with Gasteiger partial charge in [0.2, 0.25) is 5.89 Å². The van der Waals surface area contributed by atoms with Gasteiger partial charge in [-0.3, -0.25) is 9.11 Å². The Kier molecular flexibility index (Phi) is 12.0. The Morgan fingerprint density at radius 2 is 1.33 bits per heavy atom. The summed E-state index contributed by atoms with van der Waals surface area (Å²) in [7, 11) is -4.56. The van der Waals surface area contributed by atoms with Crippen molar-refractivity contribution in [1.29, 1.82) is 0 Å². The summed E-state index contributed by atoms with van der Waals surface area (Å²) >= 11 is 0. The fourth-order valence-electron chi connectivity index (χ4n) is 6.71. The van der Waals surface area contributed by atoms with Crippen LogP contribution in [0.4, 0.5) is 0 Å². The van der Waals surface area contributed by atoms with Gasteiger partial charge in [0.05, 0.1) is 33.4 Å². The highest BCUT2D eigenvalue weighted by Crippen LogP contribution is 2.43. The van der Waals surface area contributed by atoms with Crippen LogP contribution >= 0.6 is 0 Å². The third-order valence-corrected chi connectivity index (χ3v) is 11.0. The topological polar surface area (TPSA) is 164 Å².